The summed E-state index contributed by atoms with van der Waals surface area (Å²) in [5.41, 5.74) is 0.433. The number of nitrogens with zero attached hydrogens (tertiary/aromatic N) is 1. The van der Waals surface area contributed by atoms with Crippen LogP contribution in [0.15, 0.2) is 50.1 Å². The number of ether oxygens (including phenoxy) is 3. The number of hydrogen-bond donors (Lipinski definition) is 0. The highest BCUT2D eigenvalue weighted by atomic mass is 16.5. The van der Waals surface area contributed by atoms with Gasteiger partial charge in [-0.15, -0.1) is 0 Å². The van der Waals surface area contributed by atoms with Gasteiger partial charge in [0.2, 0.25) is 0 Å². The van der Waals surface area contributed by atoms with Gasteiger partial charge in [0.25, 0.3) is 0 Å². The lowest BCUT2D eigenvalue weighted by Gasteiger charge is -1.91. The molecule has 7 nitrogen and oxygen atoms in total. The van der Waals surface area contributed by atoms with E-state index in [4.69, 9.17) is 5.26 Å². The summed E-state index contributed by atoms with van der Waals surface area (Å²) < 4.78 is 12.8. The van der Waals surface area contributed by atoms with E-state index in [9.17, 15) is 14.4 Å². The number of carbonyl (C=O) groups is 3. The fourth-order valence-corrected chi connectivity index (χ4v) is 0.459. The lowest BCUT2D eigenvalue weighted by atomic mass is 10.4. The Kier molecular flexibility index (Phi) is 30.0. The molecule has 7 heteroatoms. The van der Waals surface area contributed by atoms with Crippen molar-refractivity contribution in [2.75, 3.05) is 20.8 Å². The average Bonchev–Trinajstić information content (AvgIpc) is 2.61. The van der Waals surface area contributed by atoms with E-state index in [-0.39, 0.29) is 11.9 Å². The summed E-state index contributed by atoms with van der Waals surface area (Å²) in [6.07, 6.45) is 3.43. The zero-order valence-electron chi connectivity index (χ0n) is 14.7. The summed E-state index contributed by atoms with van der Waals surface area (Å²) in [6.45, 7) is 16.6. The van der Waals surface area contributed by atoms with Gasteiger partial charge >= 0.3 is 17.9 Å². The quantitative estimate of drug-likeness (QED) is 0.335. The van der Waals surface area contributed by atoms with Gasteiger partial charge in [-0.05, 0) is 13.8 Å². The van der Waals surface area contributed by atoms with Crippen LogP contribution in [-0.2, 0) is 28.6 Å². The first-order chi connectivity index (χ1) is 11.2. The molecule has 0 aromatic carbocycles. The van der Waals surface area contributed by atoms with E-state index in [2.05, 4.69) is 40.5 Å². The molecule has 0 heterocycles. The van der Waals surface area contributed by atoms with Crippen LogP contribution in [0.2, 0.25) is 0 Å². The van der Waals surface area contributed by atoms with Crippen molar-refractivity contribution < 1.29 is 28.6 Å². The highest BCUT2D eigenvalue weighted by Crippen LogP contribution is 1.87. The Morgan fingerprint density at radius 3 is 1.50 bits per heavy atom. The first-order valence-electron chi connectivity index (χ1n) is 6.45. The van der Waals surface area contributed by atoms with Crippen LogP contribution in [0.4, 0.5) is 0 Å². The van der Waals surface area contributed by atoms with Crippen molar-refractivity contribution in [3.8, 4) is 6.07 Å². The highest BCUT2D eigenvalue weighted by molar-refractivity contribution is 5.86. The molecule has 0 saturated carbocycles. The van der Waals surface area contributed by atoms with Crippen LogP contribution in [-0.4, -0.2) is 38.7 Å². The smallest absolute Gasteiger partial charge is 0.332 e. The maximum atomic E-state index is 10.2. The molecule has 0 aliphatic heterocycles. The third kappa shape index (κ3) is 36.4. The summed E-state index contributed by atoms with van der Waals surface area (Å²) in [4.78, 5) is 30.1. The molecule has 0 radical (unpaired) electrons. The predicted octanol–water partition coefficient (Wildman–Crippen LogP) is 2.51. The molecule has 0 N–H and O–H groups in total. The van der Waals surface area contributed by atoms with Gasteiger partial charge in [0, 0.05) is 23.8 Å². The number of esters is 3. The minimum Gasteiger partial charge on any atom is -0.466 e. The number of rotatable bonds is 4. The molecule has 0 aromatic rings. The molecule has 0 spiro atoms. The van der Waals surface area contributed by atoms with E-state index in [1.54, 1.807) is 19.9 Å². The molecule has 0 rings (SSSR count). The summed E-state index contributed by atoms with van der Waals surface area (Å²) in [7, 11) is 2.64. The van der Waals surface area contributed by atoms with Crippen LogP contribution in [0, 0.1) is 11.3 Å². The Labute approximate surface area is 143 Å². The lowest BCUT2D eigenvalue weighted by Crippen LogP contribution is -1.98. The van der Waals surface area contributed by atoms with Gasteiger partial charge in [-0.2, -0.15) is 5.26 Å². The standard InChI is InChI=1S/2C5H8O2.C4H6O2.C3H3N/c1-4(2)5(6)7-3;1-3-5(6)7-4-2;1-3-4(5)6-2;1-2-3-4/h1H2,2-3H3;3H,1,4H2,2H3;3H,1H2,2H3;2H,1H2. The Bertz CT molecular complexity index is 458. The number of nitriles is 1. The van der Waals surface area contributed by atoms with Crippen LogP contribution in [0.1, 0.15) is 13.8 Å². The van der Waals surface area contributed by atoms with Crippen LogP contribution >= 0.6 is 0 Å². The fourth-order valence-electron chi connectivity index (χ4n) is 0.459. The second kappa shape index (κ2) is 24.9. The molecule has 0 bridgehead atoms. The van der Waals surface area contributed by atoms with E-state index in [0.29, 0.717) is 12.2 Å². The number of methoxy groups -OCH3 is 2. The average molecular weight is 339 g/mol. The first-order valence-corrected chi connectivity index (χ1v) is 6.45. The second-order valence-electron chi connectivity index (χ2n) is 3.29. The fraction of sp³-hybridized carbons (Fsp3) is 0.294. The van der Waals surface area contributed by atoms with E-state index >= 15 is 0 Å². The molecule has 0 aliphatic carbocycles. The molecule has 0 unspecified atom stereocenters. The Balaban J connectivity index is -0.000000113. The summed E-state index contributed by atoms with van der Waals surface area (Å²) in [5, 5.41) is 7.51. The minimum absolute atomic E-state index is 0.347. The summed E-state index contributed by atoms with van der Waals surface area (Å²) in [6, 6.07) is 1.69. The number of carbonyl (C=O) groups excluding carboxylic acids is 3. The van der Waals surface area contributed by atoms with Crippen molar-refractivity contribution in [3.05, 3.63) is 50.1 Å². The SMILES string of the molecule is C=C(C)C(=O)OC.C=CC#N.C=CC(=O)OC.C=CC(=O)OCC. The van der Waals surface area contributed by atoms with Gasteiger partial charge < -0.3 is 14.2 Å². The Morgan fingerprint density at radius 2 is 1.46 bits per heavy atom. The van der Waals surface area contributed by atoms with E-state index in [0.717, 1.165) is 12.2 Å². The highest BCUT2D eigenvalue weighted by Gasteiger charge is 1.95. The molecule has 0 aromatic heterocycles. The van der Waals surface area contributed by atoms with Crippen LogP contribution in [0.5, 0.6) is 0 Å². The van der Waals surface area contributed by atoms with E-state index in [1.165, 1.54) is 20.3 Å². The molecule has 24 heavy (non-hydrogen) atoms. The molecule has 0 amide bonds. The topological polar surface area (TPSA) is 103 Å². The monoisotopic (exact) mass is 339 g/mol. The van der Waals surface area contributed by atoms with Crippen LogP contribution in [0.3, 0.4) is 0 Å². The van der Waals surface area contributed by atoms with Crippen LogP contribution in [0.25, 0.3) is 0 Å². The van der Waals surface area contributed by atoms with Gasteiger partial charge in [-0.3, -0.25) is 0 Å². The lowest BCUT2D eigenvalue weighted by molar-refractivity contribution is -0.137. The van der Waals surface area contributed by atoms with E-state index in [1.807, 2.05) is 0 Å². The molecule has 0 fully saturated rings. The molecule has 0 aliphatic rings. The van der Waals surface area contributed by atoms with Gasteiger partial charge in [0.1, 0.15) is 0 Å². The second-order valence-corrected chi connectivity index (χ2v) is 3.29. The molecule has 0 saturated heterocycles. The normalized spacial score (nSPS) is 6.79. The largest absolute Gasteiger partial charge is 0.466 e. The van der Waals surface area contributed by atoms with Crippen molar-refractivity contribution in [1.29, 1.82) is 5.26 Å². The van der Waals surface area contributed by atoms with E-state index < -0.39 is 5.97 Å². The number of allylic oxidation sites excluding steroid dienone is 1. The van der Waals surface area contributed by atoms with Gasteiger partial charge in [-0.1, -0.05) is 26.3 Å². The van der Waals surface area contributed by atoms with Crippen molar-refractivity contribution in [2.24, 2.45) is 0 Å². The van der Waals surface area contributed by atoms with Crippen LogP contribution < -0.4 is 0 Å². The Hall–Kier alpha value is -3.14. The first kappa shape index (κ1) is 28.9. The zero-order chi connectivity index (χ0) is 20.0. The van der Waals surface area contributed by atoms with Crippen molar-refractivity contribution >= 4 is 17.9 Å². The maximum absolute atomic E-state index is 10.2. The van der Waals surface area contributed by atoms with Gasteiger partial charge in [0.15, 0.2) is 0 Å². The van der Waals surface area contributed by atoms with Crippen molar-refractivity contribution in [2.45, 2.75) is 13.8 Å². The third-order valence-electron chi connectivity index (χ3n) is 1.45. The van der Waals surface area contributed by atoms with Gasteiger partial charge in [0.05, 0.1) is 26.9 Å². The van der Waals surface area contributed by atoms with Crippen molar-refractivity contribution in [3.63, 3.8) is 0 Å². The van der Waals surface area contributed by atoms with Gasteiger partial charge in [-0.25, -0.2) is 14.4 Å². The molecular weight excluding hydrogens is 314 g/mol. The maximum Gasteiger partial charge on any atom is 0.332 e. The summed E-state index contributed by atoms with van der Waals surface area (Å²) in [5.74, 6) is -1.10. The Morgan fingerprint density at radius 1 is 1.04 bits per heavy atom. The summed E-state index contributed by atoms with van der Waals surface area (Å²) >= 11 is 0. The zero-order valence-corrected chi connectivity index (χ0v) is 14.7. The third-order valence-corrected chi connectivity index (χ3v) is 1.45. The number of hydrogen-bond acceptors (Lipinski definition) is 7. The molecule has 0 atom stereocenters. The molecule has 134 valence electrons. The predicted molar refractivity (Wildman–Crippen MR) is 91.7 cm³/mol. The van der Waals surface area contributed by atoms with Crippen molar-refractivity contribution in [1.82, 2.24) is 0 Å². The molecular formula is C17H25NO6. The minimum atomic E-state index is -0.394.